The van der Waals surface area contributed by atoms with Crippen molar-refractivity contribution >= 4 is 33.9 Å². The van der Waals surface area contributed by atoms with Gasteiger partial charge in [-0.25, -0.2) is 4.99 Å². The molecule has 0 bridgehead atoms. The summed E-state index contributed by atoms with van der Waals surface area (Å²) in [6, 6.07) is 34.9. The number of ether oxygens (including phenoxy) is 1. The number of rotatable bonds is 10. The van der Waals surface area contributed by atoms with E-state index in [-0.39, 0.29) is 12.4 Å². The monoisotopic (exact) mass is 591 g/mol. The van der Waals surface area contributed by atoms with Crippen molar-refractivity contribution in [1.82, 2.24) is 0 Å². The molecule has 4 aromatic carbocycles. The van der Waals surface area contributed by atoms with Crippen molar-refractivity contribution in [2.75, 3.05) is 43.1 Å². The zero-order valence-corrected chi connectivity index (χ0v) is 26.7. The highest BCUT2D eigenvalue weighted by Gasteiger charge is 2.23. The van der Waals surface area contributed by atoms with Crippen LogP contribution in [-0.4, -0.2) is 39.0 Å². The summed E-state index contributed by atoms with van der Waals surface area (Å²) in [5.74, 6) is 0.880. The van der Waals surface area contributed by atoms with Gasteiger partial charge in [-0.3, -0.25) is 0 Å². The van der Waals surface area contributed by atoms with Gasteiger partial charge in [0.2, 0.25) is 11.4 Å². The van der Waals surface area contributed by atoms with Gasteiger partial charge in [-0.05, 0) is 104 Å². The van der Waals surface area contributed by atoms with E-state index in [1.165, 1.54) is 44.8 Å². The van der Waals surface area contributed by atoms with Crippen molar-refractivity contribution in [2.24, 2.45) is 0 Å². The van der Waals surface area contributed by atoms with Crippen LogP contribution in [0.3, 0.4) is 0 Å². The molecule has 0 radical (unpaired) electrons. The van der Waals surface area contributed by atoms with Crippen LogP contribution in [0.2, 0.25) is 0 Å². The predicted octanol–water partition coefficient (Wildman–Crippen LogP) is 4.12. The molecule has 0 aromatic heterocycles. The highest BCUT2D eigenvalue weighted by atomic mass is 35.5. The van der Waals surface area contributed by atoms with Gasteiger partial charge in [0, 0.05) is 56.3 Å². The summed E-state index contributed by atoms with van der Waals surface area (Å²) in [5, 5.41) is 0. The topological polar surface area (TPSA) is 29.7 Å². The lowest BCUT2D eigenvalue weighted by molar-refractivity contribution is -0.351. The average molecular weight is 592 g/mol. The Morgan fingerprint density at radius 2 is 1.23 bits per heavy atom. The maximum Gasteiger partial charge on any atom is 0.211 e. The smallest absolute Gasteiger partial charge is 0.211 e. The molecule has 0 spiro atoms. The molecule has 0 saturated heterocycles. The summed E-state index contributed by atoms with van der Waals surface area (Å²) in [7, 11) is 2.13. The number of nitrogens with one attached hydrogen (secondary N) is 1. The Hall–Kier alpha value is -4.28. The molecule has 5 rings (SSSR count). The molecule has 4 nitrogen and oxygen atoms in total. The molecule has 1 aliphatic carbocycles. The van der Waals surface area contributed by atoms with Crippen molar-refractivity contribution in [3.05, 3.63) is 131 Å². The fraction of sp³-hybridized carbons (Fsp3) is 0.237. The number of benzene rings is 4. The minimum absolute atomic E-state index is 0. The Morgan fingerprint density at radius 1 is 0.651 bits per heavy atom. The lowest BCUT2D eigenvalue weighted by Gasteiger charge is -2.23. The molecule has 0 amide bonds. The first kappa shape index (κ1) is 31.7. The molecular weight excluding hydrogens is 550 g/mol. The molecule has 0 aliphatic heterocycles. The Labute approximate surface area is 263 Å². The van der Waals surface area contributed by atoms with Crippen molar-refractivity contribution in [1.29, 1.82) is 0 Å². The molecule has 0 fully saturated rings. The van der Waals surface area contributed by atoms with Crippen LogP contribution in [0.1, 0.15) is 49.9 Å². The summed E-state index contributed by atoms with van der Waals surface area (Å²) in [5.41, 5.74) is 11.8. The molecule has 1 aliphatic rings. The molecule has 1 N–H and O–H groups in total. The van der Waals surface area contributed by atoms with Crippen LogP contribution in [0.5, 0.6) is 5.75 Å². The first-order valence-electron chi connectivity index (χ1n) is 15.1. The normalized spacial score (nSPS) is 14.1. The standard InChI is InChI=1S/C38H41N3O.ClH/c1-6-40(5)31-20-14-28(15-21-31)38(29-16-22-32(23-17-29)41(7-2)8-3)36-26-27-37(35-13-11-10-12-34(35)36)39-30-18-24-33(25-19-30)42-9-4;/h10-27H,6-9H2,1-5H3;1H. The maximum absolute atomic E-state index is 5.63. The van der Waals surface area contributed by atoms with Crippen LogP contribution in [-0.2, 0) is 0 Å². The Bertz CT molecular complexity index is 1580. The second-order valence-corrected chi connectivity index (χ2v) is 10.4. The van der Waals surface area contributed by atoms with E-state index >= 15 is 0 Å². The second-order valence-electron chi connectivity index (χ2n) is 10.4. The van der Waals surface area contributed by atoms with Crippen molar-refractivity contribution in [3.63, 3.8) is 0 Å². The van der Waals surface area contributed by atoms with Gasteiger partial charge < -0.3 is 26.9 Å². The molecular formula is C38H42ClN3O. The SMILES string of the molecule is CCOc1ccc([NH+]=C2C=CC(=C(c3ccc(N(C)CC)cc3)c3ccc(N(CC)CC)cc3)c3ccccc32)cc1.[Cl-]. The predicted molar refractivity (Wildman–Crippen MR) is 179 cm³/mol. The molecule has 222 valence electrons. The maximum atomic E-state index is 5.63. The van der Waals surface area contributed by atoms with Crippen LogP contribution >= 0.6 is 0 Å². The molecule has 0 atom stereocenters. The van der Waals surface area contributed by atoms with Gasteiger partial charge in [-0.15, -0.1) is 0 Å². The van der Waals surface area contributed by atoms with Crippen molar-refractivity contribution in [2.45, 2.75) is 27.7 Å². The second kappa shape index (κ2) is 14.8. The van der Waals surface area contributed by atoms with Gasteiger partial charge in [-0.1, -0.05) is 42.5 Å². The van der Waals surface area contributed by atoms with Crippen molar-refractivity contribution < 1.29 is 22.1 Å². The lowest BCUT2D eigenvalue weighted by atomic mass is 9.83. The van der Waals surface area contributed by atoms with Gasteiger partial charge in [0.15, 0.2) is 0 Å². The van der Waals surface area contributed by atoms with Crippen LogP contribution < -0.4 is 31.9 Å². The molecule has 0 saturated carbocycles. The van der Waals surface area contributed by atoms with Gasteiger partial charge in [0.25, 0.3) is 0 Å². The molecule has 0 unspecified atom stereocenters. The third-order valence-electron chi connectivity index (χ3n) is 7.99. The fourth-order valence-electron chi connectivity index (χ4n) is 5.55. The number of halogens is 1. The van der Waals surface area contributed by atoms with E-state index < -0.39 is 0 Å². The number of hydrogen-bond acceptors (Lipinski definition) is 3. The fourth-order valence-corrected chi connectivity index (χ4v) is 5.55. The summed E-state index contributed by atoms with van der Waals surface area (Å²) in [6.07, 6.45) is 4.47. The highest BCUT2D eigenvalue weighted by Crippen LogP contribution is 2.37. The van der Waals surface area contributed by atoms with Crippen molar-refractivity contribution in [3.8, 4) is 5.75 Å². The van der Waals surface area contributed by atoms with E-state index in [0.717, 1.165) is 36.8 Å². The number of hydrogen-bond donors (Lipinski definition) is 1. The summed E-state index contributed by atoms with van der Waals surface area (Å²) in [6.45, 7) is 12.2. The summed E-state index contributed by atoms with van der Waals surface area (Å²) in [4.78, 5) is 8.29. The van der Waals surface area contributed by atoms with E-state index in [1.54, 1.807) is 0 Å². The largest absolute Gasteiger partial charge is 1.00 e. The van der Waals surface area contributed by atoms with E-state index in [2.05, 4.69) is 140 Å². The highest BCUT2D eigenvalue weighted by molar-refractivity contribution is 6.17. The quantitative estimate of drug-likeness (QED) is 0.301. The third kappa shape index (κ3) is 7.03. The zero-order valence-electron chi connectivity index (χ0n) is 25.9. The molecule has 5 heteroatoms. The summed E-state index contributed by atoms with van der Waals surface area (Å²) >= 11 is 0. The van der Waals surface area contributed by atoms with E-state index in [0.29, 0.717) is 6.61 Å². The Kier molecular flexibility index (Phi) is 10.9. The van der Waals surface area contributed by atoms with E-state index in [1.807, 2.05) is 19.1 Å². The third-order valence-corrected chi connectivity index (χ3v) is 7.99. The number of nitrogens with zero attached hydrogens (tertiary/aromatic N) is 2. The average Bonchev–Trinajstić information content (AvgIpc) is 3.04. The number of allylic oxidation sites excluding steroid dienone is 3. The molecule has 4 aromatic rings. The lowest BCUT2D eigenvalue weighted by Crippen LogP contribution is -3.00. The van der Waals surface area contributed by atoms with Crippen LogP contribution in [0, 0.1) is 0 Å². The van der Waals surface area contributed by atoms with Gasteiger partial charge >= 0.3 is 0 Å². The minimum Gasteiger partial charge on any atom is -1.00 e. The zero-order chi connectivity index (χ0) is 29.5. The van der Waals surface area contributed by atoms with Crippen LogP contribution in [0.25, 0.3) is 11.1 Å². The van der Waals surface area contributed by atoms with Gasteiger partial charge in [0.05, 0.1) is 12.2 Å². The molecule has 0 heterocycles. The first-order chi connectivity index (χ1) is 20.6. The van der Waals surface area contributed by atoms with Crippen LogP contribution in [0.15, 0.2) is 109 Å². The summed E-state index contributed by atoms with van der Waals surface area (Å²) < 4.78 is 5.63. The Balaban J connectivity index is 0.00000423. The first-order valence-corrected chi connectivity index (χ1v) is 15.1. The Morgan fingerprint density at radius 3 is 1.79 bits per heavy atom. The van der Waals surface area contributed by atoms with Crippen LogP contribution in [0.4, 0.5) is 17.1 Å². The van der Waals surface area contributed by atoms with E-state index in [4.69, 9.17) is 4.74 Å². The minimum atomic E-state index is 0. The number of anilines is 2. The number of fused-ring (bicyclic) bond motifs is 1. The van der Waals surface area contributed by atoms with E-state index in [9.17, 15) is 0 Å². The van der Waals surface area contributed by atoms with Gasteiger partial charge in [0.1, 0.15) is 5.75 Å². The van der Waals surface area contributed by atoms with Gasteiger partial charge in [-0.2, -0.15) is 0 Å². The molecule has 43 heavy (non-hydrogen) atoms.